The number of rotatable bonds is 0. The van der Waals surface area contributed by atoms with Crippen LogP contribution in [0.3, 0.4) is 0 Å². The minimum atomic E-state index is 0.868. The fourth-order valence-electron chi connectivity index (χ4n) is 0.587. The van der Waals surface area contributed by atoms with Gasteiger partial charge in [-0.2, -0.15) is 0 Å². The molecule has 0 spiro atoms. The van der Waals surface area contributed by atoms with E-state index in [4.69, 9.17) is 5.73 Å². The quantitative estimate of drug-likeness (QED) is 0.508. The molecule has 1 aromatic carbocycles. The Morgan fingerprint density at radius 2 is 1.88 bits per heavy atom. The van der Waals surface area contributed by atoms with Crippen LogP contribution in [0.2, 0.25) is 0 Å². The van der Waals surface area contributed by atoms with Gasteiger partial charge in [-0.3, -0.25) is 0 Å². The predicted octanol–water partition coefficient (Wildman–Crippen LogP) is 1.58. The van der Waals surface area contributed by atoms with Crippen molar-refractivity contribution in [2.75, 3.05) is 5.73 Å². The zero-order valence-corrected chi connectivity index (χ0v) is 4.89. The van der Waals surface area contributed by atoms with Crippen LogP contribution >= 0.6 is 0 Å². The van der Waals surface area contributed by atoms with Gasteiger partial charge in [0.1, 0.15) is 0 Å². The predicted molar refractivity (Wildman–Crippen MR) is 35.6 cm³/mol. The molecule has 0 saturated carbocycles. The first-order valence-corrected chi connectivity index (χ1v) is 2.62. The first-order chi connectivity index (χ1) is 3.80. The van der Waals surface area contributed by atoms with Gasteiger partial charge in [-0.05, 0) is 18.6 Å². The number of nitrogens with two attached hydrogens (primary N) is 1. The number of benzene rings is 1. The fraction of sp³-hybridized carbons (Fsp3) is 0.143. The molecule has 42 valence electrons. The molecule has 8 heavy (non-hydrogen) atoms. The van der Waals surface area contributed by atoms with Crippen LogP contribution < -0.4 is 5.73 Å². The summed E-state index contributed by atoms with van der Waals surface area (Å²) in [6, 6.07) is 7.80. The summed E-state index contributed by atoms with van der Waals surface area (Å²) in [6.45, 7) is 2.00. The standard InChI is InChI=1S/C7H9N/c1-6-4-2-3-5-7(6)8/h2-5H,8H2,1H3/i2+1,3+1,4+1,5+1,6+1,7+1. The number of para-hydroxylation sites is 1. The molecule has 0 aromatic heterocycles. The number of anilines is 1. The monoisotopic (exact) mass is 113 g/mol. The van der Waals surface area contributed by atoms with Gasteiger partial charge >= 0.3 is 0 Å². The average molecular weight is 113 g/mol. The van der Waals surface area contributed by atoms with E-state index < -0.39 is 0 Å². The molecule has 1 rings (SSSR count). The highest BCUT2D eigenvalue weighted by Gasteiger charge is 1.84. The third kappa shape index (κ3) is 0.808. The fourth-order valence-corrected chi connectivity index (χ4v) is 0.587. The van der Waals surface area contributed by atoms with E-state index in [0.29, 0.717) is 0 Å². The van der Waals surface area contributed by atoms with Crippen molar-refractivity contribution in [3.63, 3.8) is 0 Å². The zero-order valence-electron chi connectivity index (χ0n) is 4.89. The Balaban J connectivity index is 3.13. The maximum atomic E-state index is 5.52. The SMILES string of the molecule is C[13c]1[13cH][13cH][13cH][13cH][13c]1N. The Bertz CT molecular complexity index is 160. The van der Waals surface area contributed by atoms with Crippen molar-refractivity contribution in [1.82, 2.24) is 0 Å². The lowest BCUT2D eigenvalue weighted by Crippen LogP contribution is -1.85. The first-order valence-electron chi connectivity index (χ1n) is 2.62. The van der Waals surface area contributed by atoms with Crippen molar-refractivity contribution < 1.29 is 0 Å². The second-order valence-corrected chi connectivity index (χ2v) is 1.86. The summed E-state index contributed by atoms with van der Waals surface area (Å²) in [6.07, 6.45) is 0. The van der Waals surface area contributed by atoms with Crippen molar-refractivity contribution in [1.29, 1.82) is 0 Å². The van der Waals surface area contributed by atoms with Crippen molar-refractivity contribution in [2.24, 2.45) is 0 Å². The van der Waals surface area contributed by atoms with Gasteiger partial charge in [0.15, 0.2) is 0 Å². The Hall–Kier alpha value is -0.980. The summed E-state index contributed by atoms with van der Waals surface area (Å²) >= 11 is 0. The lowest BCUT2D eigenvalue weighted by Gasteiger charge is -1.93. The van der Waals surface area contributed by atoms with E-state index in [0.717, 1.165) is 11.3 Å². The molecule has 0 fully saturated rings. The first kappa shape index (κ1) is 5.16. The Labute approximate surface area is 49.1 Å². The average Bonchev–Trinajstić information content (AvgIpc) is 1.77. The molecule has 0 atom stereocenters. The maximum absolute atomic E-state index is 5.52. The molecular formula is C7H9N. The van der Waals surface area contributed by atoms with E-state index in [1.165, 1.54) is 0 Å². The Morgan fingerprint density at radius 3 is 2.25 bits per heavy atom. The normalized spacial score (nSPS) is 9.12. The molecule has 0 saturated heterocycles. The number of hydrogen-bond acceptors (Lipinski definition) is 1. The van der Waals surface area contributed by atoms with Crippen LogP contribution in [0.5, 0.6) is 0 Å². The summed E-state index contributed by atoms with van der Waals surface area (Å²) in [5.74, 6) is 0. The van der Waals surface area contributed by atoms with Crippen molar-refractivity contribution >= 4 is 5.69 Å². The number of hydrogen-bond donors (Lipinski definition) is 1. The van der Waals surface area contributed by atoms with Gasteiger partial charge in [-0.15, -0.1) is 0 Å². The van der Waals surface area contributed by atoms with Gasteiger partial charge in [0.05, 0.1) is 0 Å². The van der Waals surface area contributed by atoms with E-state index in [-0.39, 0.29) is 0 Å². The number of nitrogen functional groups attached to an aromatic ring is 1. The van der Waals surface area contributed by atoms with Crippen LogP contribution in [-0.4, -0.2) is 0 Å². The second-order valence-electron chi connectivity index (χ2n) is 1.86. The summed E-state index contributed by atoms with van der Waals surface area (Å²) in [5.41, 5.74) is 7.53. The van der Waals surface area contributed by atoms with E-state index in [1.54, 1.807) is 0 Å². The molecule has 0 aliphatic carbocycles. The molecule has 0 aliphatic heterocycles. The van der Waals surface area contributed by atoms with Crippen LogP contribution in [0.4, 0.5) is 5.69 Å². The molecule has 0 unspecified atom stereocenters. The molecule has 0 amide bonds. The molecule has 2 N–H and O–H groups in total. The maximum Gasteiger partial charge on any atom is 0.0343 e. The lowest BCUT2D eigenvalue weighted by atomic mass is 11.0. The van der Waals surface area contributed by atoms with E-state index in [9.17, 15) is 0 Å². The molecule has 0 heterocycles. The molecule has 1 heteroatoms. The smallest absolute Gasteiger partial charge is 0.0343 e. The van der Waals surface area contributed by atoms with Crippen LogP contribution in [0.15, 0.2) is 24.3 Å². The summed E-state index contributed by atoms with van der Waals surface area (Å²) in [7, 11) is 0. The van der Waals surface area contributed by atoms with Gasteiger partial charge in [0.2, 0.25) is 0 Å². The Kier molecular flexibility index (Phi) is 1.20. The summed E-state index contributed by atoms with van der Waals surface area (Å²) in [5, 5.41) is 0. The van der Waals surface area contributed by atoms with Gasteiger partial charge < -0.3 is 5.73 Å². The minimum absolute atomic E-state index is 0.868. The van der Waals surface area contributed by atoms with Gasteiger partial charge in [0, 0.05) is 5.69 Å². The molecule has 0 bridgehead atoms. The van der Waals surface area contributed by atoms with Gasteiger partial charge in [0.25, 0.3) is 0 Å². The van der Waals surface area contributed by atoms with E-state index in [1.807, 2.05) is 31.2 Å². The highest BCUT2D eigenvalue weighted by molar-refractivity contribution is 5.44. The second kappa shape index (κ2) is 1.86. The summed E-state index contributed by atoms with van der Waals surface area (Å²) < 4.78 is 0. The van der Waals surface area contributed by atoms with Crippen LogP contribution in [0.1, 0.15) is 5.56 Å². The van der Waals surface area contributed by atoms with Gasteiger partial charge in [-0.25, -0.2) is 0 Å². The van der Waals surface area contributed by atoms with E-state index in [2.05, 4.69) is 0 Å². The zero-order chi connectivity index (χ0) is 5.98. The van der Waals surface area contributed by atoms with E-state index >= 15 is 0 Å². The molecule has 1 nitrogen and oxygen atoms in total. The molecule has 0 radical (unpaired) electrons. The highest BCUT2D eigenvalue weighted by Crippen LogP contribution is 2.06. The number of aryl methyl sites for hydroxylation is 1. The lowest BCUT2D eigenvalue weighted by molar-refractivity contribution is 1.47. The molecule has 1 aromatic rings. The summed E-state index contributed by atoms with van der Waals surface area (Å²) in [4.78, 5) is 0. The topological polar surface area (TPSA) is 26.0 Å². The van der Waals surface area contributed by atoms with Gasteiger partial charge in [-0.1, -0.05) is 18.2 Å². The van der Waals surface area contributed by atoms with Crippen LogP contribution in [0.25, 0.3) is 0 Å². The largest absolute Gasteiger partial charge is 0.399 e. The van der Waals surface area contributed by atoms with Crippen LogP contribution in [0, 0.1) is 6.92 Å². The Morgan fingerprint density at radius 1 is 1.25 bits per heavy atom. The van der Waals surface area contributed by atoms with Crippen molar-refractivity contribution in [3.8, 4) is 0 Å². The third-order valence-corrected chi connectivity index (χ3v) is 1.19. The van der Waals surface area contributed by atoms with Crippen molar-refractivity contribution in [2.45, 2.75) is 6.92 Å². The third-order valence-electron chi connectivity index (χ3n) is 1.19. The van der Waals surface area contributed by atoms with Crippen molar-refractivity contribution in [3.05, 3.63) is 29.8 Å². The minimum Gasteiger partial charge on any atom is -0.399 e. The molecular weight excluding hydrogens is 104 g/mol. The highest BCUT2D eigenvalue weighted by atomic mass is 15.0. The van der Waals surface area contributed by atoms with Crippen LogP contribution in [-0.2, 0) is 0 Å². The molecule has 0 aliphatic rings.